The molecule has 2 rings (SSSR count). The maximum absolute atomic E-state index is 12.1. The number of carboxylic acids is 1. The number of hydrogen-bond acceptors (Lipinski definition) is 5. The molecule has 1 aliphatic rings. The van der Waals surface area contributed by atoms with E-state index >= 15 is 0 Å². The molecule has 1 amide bonds. The largest absolute Gasteiger partial charge is 0.481 e. The highest BCUT2D eigenvalue weighted by Crippen LogP contribution is 2.25. The summed E-state index contributed by atoms with van der Waals surface area (Å²) >= 11 is 2.99. The number of aliphatic carboxylic acids is 1. The van der Waals surface area contributed by atoms with Gasteiger partial charge < -0.3 is 15.1 Å². The van der Waals surface area contributed by atoms with E-state index in [0.29, 0.717) is 25.1 Å². The van der Waals surface area contributed by atoms with Crippen molar-refractivity contribution >= 4 is 34.7 Å². The van der Waals surface area contributed by atoms with Crippen LogP contribution in [-0.2, 0) is 17.6 Å². The van der Waals surface area contributed by atoms with Crippen molar-refractivity contribution in [3.8, 4) is 0 Å². The summed E-state index contributed by atoms with van der Waals surface area (Å²) in [6.45, 7) is 2.76. The van der Waals surface area contributed by atoms with Crippen LogP contribution in [-0.4, -0.2) is 62.3 Å². The number of carboxylic acid groups (broad SMARTS) is 1. The predicted octanol–water partition coefficient (Wildman–Crippen LogP) is 3.84. The Labute approximate surface area is 175 Å². The molecular weight excluding hydrogens is 394 g/mol. The van der Waals surface area contributed by atoms with Crippen LogP contribution in [0.15, 0.2) is 36.4 Å². The second kappa shape index (κ2) is 12.2. The first kappa shape index (κ1) is 22.8. The van der Waals surface area contributed by atoms with E-state index in [0.717, 1.165) is 23.5 Å². The molecule has 0 aromatic heterocycles. The molecule has 0 saturated carbocycles. The molecule has 154 valence electrons. The van der Waals surface area contributed by atoms with Gasteiger partial charge in [-0.2, -0.15) is 11.8 Å². The lowest BCUT2D eigenvalue weighted by Gasteiger charge is -2.21. The van der Waals surface area contributed by atoms with Crippen LogP contribution >= 0.6 is 23.5 Å². The smallest absolute Gasteiger partial charge is 0.303 e. The van der Waals surface area contributed by atoms with Gasteiger partial charge in [-0.25, -0.2) is 0 Å². The van der Waals surface area contributed by atoms with Crippen LogP contribution < -0.4 is 0 Å². The number of aryl methyl sites for hydroxylation is 1. The number of benzene rings is 1. The van der Waals surface area contributed by atoms with Crippen molar-refractivity contribution in [2.75, 3.05) is 23.8 Å². The topological polar surface area (TPSA) is 77.8 Å². The fourth-order valence-corrected chi connectivity index (χ4v) is 4.89. The lowest BCUT2D eigenvalue weighted by atomic mass is 10.0. The highest BCUT2D eigenvalue weighted by atomic mass is 32.2. The maximum atomic E-state index is 12.1. The van der Waals surface area contributed by atoms with Gasteiger partial charge in [-0.1, -0.05) is 55.1 Å². The average Bonchev–Trinajstić information content (AvgIpc) is 3.02. The quantitative estimate of drug-likeness (QED) is 0.393. The maximum Gasteiger partial charge on any atom is 0.303 e. The van der Waals surface area contributed by atoms with E-state index in [4.69, 9.17) is 5.11 Å². The third-order valence-electron chi connectivity index (χ3n) is 4.57. The lowest BCUT2D eigenvalue weighted by Crippen LogP contribution is -2.34. The Kier molecular flexibility index (Phi) is 9.95. The number of nitrogens with zero attached hydrogens (tertiary/aromatic N) is 1. The van der Waals surface area contributed by atoms with Gasteiger partial charge in [0.05, 0.1) is 12.1 Å². The summed E-state index contributed by atoms with van der Waals surface area (Å²) in [6.07, 6.45) is 5.56. The van der Waals surface area contributed by atoms with Crippen LogP contribution in [0.3, 0.4) is 0 Å². The molecule has 0 aliphatic carbocycles. The molecule has 2 N–H and O–H groups in total. The van der Waals surface area contributed by atoms with Crippen LogP contribution in [0.1, 0.15) is 30.9 Å². The van der Waals surface area contributed by atoms with Crippen molar-refractivity contribution in [3.05, 3.63) is 47.5 Å². The number of carbonyl (C=O) groups is 2. The van der Waals surface area contributed by atoms with Gasteiger partial charge in [0.2, 0.25) is 0 Å². The van der Waals surface area contributed by atoms with Crippen LogP contribution in [0.25, 0.3) is 0 Å². The third kappa shape index (κ3) is 7.89. The molecule has 0 bridgehead atoms. The summed E-state index contributed by atoms with van der Waals surface area (Å²) in [5.74, 6) is 1.52. The second-order valence-corrected chi connectivity index (χ2v) is 8.97. The Bertz CT molecular complexity index is 680. The fraction of sp³-hybridized carbons (Fsp3) is 0.524. The van der Waals surface area contributed by atoms with Crippen LogP contribution in [0.4, 0.5) is 4.79 Å². The van der Waals surface area contributed by atoms with Gasteiger partial charge in [-0.3, -0.25) is 9.59 Å². The number of thioether (sulfide) groups is 2. The molecule has 1 saturated heterocycles. The normalized spacial score (nSPS) is 18.1. The number of carbonyl (C=O) groups excluding carboxylic acids is 1. The van der Waals surface area contributed by atoms with E-state index in [1.54, 1.807) is 17.8 Å². The minimum atomic E-state index is -0.767. The number of hydrogen-bond donors (Lipinski definition) is 2. The van der Waals surface area contributed by atoms with Crippen molar-refractivity contribution in [1.29, 1.82) is 0 Å². The van der Waals surface area contributed by atoms with Gasteiger partial charge in [0, 0.05) is 30.9 Å². The first-order valence-electron chi connectivity index (χ1n) is 9.66. The SMILES string of the molecule is CCc1cccc(C[C@H](O)/C=C/[C@H]2CSC(=O)N2CCSCCCC(=O)O)c1. The molecular formula is C21H29NO4S2. The van der Waals surface area contributed by atoms with E-state index in [2.05, 4.69) is 19.1 Å². The summed E-state index contributed by atoms with van der Waals surface area (Å²) in [5.41, 5.74) is 2.38. The average molecular weight is 424 g/mol. The minimum absolute atomic E-state index is 0.00810. The zero-order valence-electron chi connectivity index (χ0n) is 16.3. The monoisotopic (exact) mass is 423 g/mol. The van der Waals surface area contributed by atoms with E-state index in [1.807, 2.05) is 23.1 Å². The molecule has 1 fully saturated rings. The Hall–Kier alpha value is -1.44. The van der Waals surface area contributed by atoms with Gasteiger partial charge in [-0.15, -0.1) is 0 Å². The van der Waals surface area contributed by atoms with Crippen LogP contribution in [0.2, 0.25) is 0 Å². The summed E-state index contributed by atoms with van der Waals surface area (Å²) < 4.78 is 0. The molecule has 0 unspecified atom stereocenters. The molecule has 28 heavy (non-hydrogen) atoms. The number of rotatable bonds is 12. The van der Waals surface area contributed by atoms with Gasteiger partial charge in [-0.05, 0) is 29.7 Å². The van der Waals surface area contributed by atoms with Gasteiger partial charge in [0.15, 0.2) is 0 Å². The minimum Gasteiger partial charge on any atom is -0.481 e. The highest BCUT2D eigenvalue weighted by molar-refractivity contribution is 8.13. The molecule has 0 radical (unpaired) electrons. The molecule has 7 heteroatoms. The van der Waals surface area contributed by atoms with Gasteiger partial charge in [0.1, 0.15) is 0 Å². The fourth-order valence-electron chi connectivity index (χ4n) is 3.01. The molecule has 1 aliphatic heterocycles. The van der Waals surface area contributed by atoms with E-state index < -0.39 is 12.1 Å². The predicted molar refractivity (Wildman–Crippen MR) is 117 cm³/mol. The zero-order chi connectivity index (χ0) is 20.4. The van der Waals surface area contributed by atoms with Crippen molar-refractivity contribution in [1.82, 2.24) is 4.90 Å². The molecule has 1 aromatic rings. The highest BCUT2D eigenvalue weighted by Gasteiger charge is 2.29. The summed E-state index contributed by atoms with van der Waals surface area (Å²) in [7, 11) is 0. The van der Waals surface area contributed by atoms with Gasteiger partial charge in [0.25, 0.3) is 5.24 Å². The number of aliphatic hydroxyl groups is 1. The molecule has 5 nitrogen and oxygen atoms in total. The Balaban J connectivity index is 1.78. The summed E-state index contributed by atoms with van der Waals surface area (Å²) in [6, 6.07) is 8.27. The Morgan fingerprint density at radius 2 is 2.18 bits per heavy atom. The Morgan fingerprint density at radius 3 is 2.93 bits per heavy atom. The van der Waals surface area contributed by atoms with Crippen molar-refractivity contribution in [3.63, 3.8) is 0 Å². The number of amides is 1. The first-order chi connectivity index (χ1) is 13.5. The van der Waals surface area contributed by atoms with Gasteiger partial charge >= 0.3 is 5.97 Å². The zero-order valence-corrected chi connectivity index (χ0v) is 17.9. The van der Waals surface area contributed by atoms with E-state index in [1.165, 1.54) is 17.3 Å². The second-order valence-electron chi connectivity index (χ2n) is 6.78. The third-order valence-corrected chi connectivity index (χ3v) is 6.61. The molecule has 0 spiro atoms. The summed E-state index contributed by atoms with van der Waals surface area (Å²) in [4.78, 5) is 24.5. The molecule has 1 aromatic carbocycles. The molecule has 2 atom stereocenters. The summed E-state index contributed by atoms with van der Waals surface area (Å²) in [5, 5.41) is 19.1. The Morgan fingerprint density at radius 1 is 1.39 bits per heavy atom. The van der Waals surface area contributed by atoms with Crippen LogP contribution in [0, 0.1) is 0 Å². The van der Waals surface area contributed by atoms with Crippen molar-refractivity contribution in [2.45, 2.75) is 44.8 Å². The number of aliphatic hydroxyl groups excluding tert-OH is 1. The standard InChI is InChI=1S/C21H29NO4S2/c1-2-16-5-3-6-17(13-16)14-19(23)9-8-18-15-28-21(26)22(18)10-12-27-11-4-7-20(24)25/h3,5-6,8-9,13,18-19,23H,2,4,7,10-12,14-15H2,1H3,(H,24,25)/b9-8+/t18-,19+/m0/s1. The van der Waals surface area contributed by atoms with Crippen molar-refractivity contribution in [2.24, 2.45) is 0 Å². The van der Waals surface area contributed by atoms with E-state index in [-0.39, 0.29) is 17.7 Å². The van der Waals surface area contributed by atoms with E-state index in [9.17, 15) is 14.7 Å². The first-order valence-corrected chi connectivity index (χ1v) is 11.8. The molecule has 1 heterocycles. The van der Waals surface area contributed by atoms with Crippen molar-refractivity contribution < 1.29 is 19.8 Å². The van der Waals surface area contributed by atoms with Crippen LogP contribution in [0.5, 0.6) is 0 Å². The lowest BCUT2D eigenvalue weighted by molar-refractivity contribution is -0.137.